The fourth-order valence-corrected chi connectivity index (χ4v) is 4.76. The third-order valence-electron chi connectivity index (χ3n) is 5.41. The fourth-order valence-electron chi connectivity index (χ4n) is 3.85. The molecule has 0 aliphatic carbocycles. The minimum atomic E-state index is -0.434. The Morgan fingerprint density at radius 3 is 2.56 bits per heavy atom. The minimum Gasteiger partial charge on any atom is -0.347 e. The summed E-state index contributed by atoms with van der Waals surface area (Å²) in [4.78, 5) is 22.5. The first-order valence-corrected chi connectivity index (χ1v) is 10.1. The average Bonchev–Trinajstić information content (AvgIpc) is 3.31. The van der Waals surface area contributed by atoms with Crippen molar-refractivity contribution in [2.75, 3.05) is 31.2 Å². The summed E-state index contributed by atoms with van der Waals surface area (Å²) in [6.07, 6.45) is 1.56. The number of piperidine rings is 1. The van der Waals surface area contributed by atoms with E-state index in [9.17, 15) is 4.79 Å². The van der Waals surface area contributed by atoms with Gasteiger partial charge in [-0.3, -0.25) is 9.78 Å². The quantitative estimate of drug-likeness (QED) is 0.735. The van der Waals surface area contributed by atoms with Crippen molar-refractivity contribution in [3.05, 3.63) is 45.6 Å². The number of rotatable bonds is 2. The lowest BCUT2D eigenvalue weighted by Crippen LogP contribution is -2.46. The van der Waals surface area contributed by atoms with Crippen LogP contribution in [0.25, 0.3) is 21.3 Å². The summed E-state index contributed by atoms with van der Waals surface area (Å²) in [5.41, 5.74) is 4.01. The molecule has 0 bridgehead atoms. The second-order valence-corrected chi connectivity index (χ2v) is 8.06. The summed E-state index contributed by atoms with van der Waals surface area (Å²) >= 11 is 1.45. The zero-order valence-electron chi connectivity index (χ0n) is 15.2. The predicted octanol–water partition coefficient (Wildman–Crippen LogP) is 3.30. The van der Waals surface area contributed by atoms with Crippen LogP contribution in [0.3, 0.4) is 0 Å². The molecule has 0 unspecified atom stereocenters. The van der Waals surface area contributed by atoms with E-state index in [4.69, 9.17) is 14.5 Å². The van der Waals surface area contributed by atoms with Crippen LogP contribution in [0.4, 0.5) is 5.95 Å². The lowest BCUT2D eigenvalue weighted by atomic mass is 10.0. The summed E-state index contributed by atoms with van der Waals surface area (Å²) in [6, 6.07) is 8.33. The van der Waals surface area contributed by atoms with Crippen molar-refractivity contribution in [1.29, 1.82) is 0 Å². The maximum Gasteiger partial charge on any atom is 0.270 e. The van der Waals surface area contributed by atoms with Crippen LogP contribution in [0, 0.1) is 6.92 Å². The van der Waals surface area contributed by atoms with Gasteiger partial charge in [-0.25, -0.2) is 4.98 Å². The topological polar surface area (TPSA) is 67.5 Å². The highest BCUT2D eigenvalue weighted by Gasteiger charge is 2.40. The predicted molar refractivity (Wildman–Crippen MR) is 106 cm³/mol. The lowest BCUT2D eigenvalue weighted by Gasteiger charge is -2.37. The highest BCUT2D eigenvalue weighted by Crippen LogP contribution is 2.34. The number of thiophene rings is 1. The molecule has 7 heteroatoms. The summed E-state index contributed by atoms with van der Waals surface area (Å²) in [5, 5.41) is 2.02. The smallest absolute Gasteiger partial charge is 0.270 e. The van der Waals surface area contributed by atoms with Crippen LogP contribution in [0.2, 0.25) is 0 Å². The minimum absolute atomic E-state index is 0.0768. The van der Waals surface area contributed by atoms with E-state index in [2.05, 4.69) is 41.1 Å². The summed E-state index contributed by atoms with van der Waals surface area (Å²) in [5.74, 6) is 0.197. The number of aromatic nitrogens is 2. The van der Waals surface area contributed by atoms with E-state index in [1.54, 1.807) is 0 Å². The average molecular weight is 383 g/mol. The van der Waals surface area contributed by atoms with Crippen molar-refractivity contribution in [3.8, 4) is 11.1 Å². The SMILES string of the molecule is Cc1ccc(-c2csc3c(=O)[nH]c(N4CCC5(CC4)OCCO5)nc23)cc1. The second kappa shape index (κ2) is 6.44. The molecule has 0 saturated carbocycles. The zero-order chi connectivity index (χ0) is 18.4. The van der Waals surface area contributed by atoms with E-state index in [1.807, 2.05) is 5.38 Å². The van der Waals surface area contributed by atoms with Crippen molar-refractivity contribution in [3.63, 3.8) is 0 Å². The van der Waals surface area contributed by atoms with Gasteiger partial charge in [-0.05, 0) is 12.5 Å². The van der Waals surface area contributed by atoms with Gasteiger partial charge >= 0.3 is 0 Å². The van der Waals surface area contributed by atoms with Crippen LogP contribution in [0.1, 0.15) is 18.4 Å². The molecule has 0 radical (unpaired) electrons. The number of nitrogens with zero attached hydrogens (tertiary/aromatic N) is 2. The molecule has 2 aliphatic heterocycles. The van der Waals surface area contributed by atoms with Crippen molar-refractivity contribution in [1.82, 2.24) is 9.97 Å². The maximum atomic E-state index is 12.6. The molecule has 5 rings (SSSR count). The molecule has 1 N–H and O–H groups in total. The molecule has 1 spiro atoms. The van der Waals surface area contributed by atoms with Gasteiger partial charge in [0.25, 0.3) is 5.56 Å². The van der Waals surface area contributed by atoms with Gasteiger partial charge in [0.2, 0.25) is 5.95 Å². The first-order chi connectivity index (χ1) is 13.1. The molecule has 0 amide bonds. The molecule has 4 heterocycles. The van der Waals surface area contributed by atoms with Crippen molar-refractivity contribution >= 4 is 27.5 Å². The van der Waals surface area contributed by atoms with E-state index in [-0.39, 0.29) is 5.56 Å². The maximum absolute atomic E-state index is 12.6. The molecule has 6 nitrogen and oxygen atoms in total. The molecule has 2 aromatic heterocycles. The number of H-pyrrole nitrogens is 1. The second-order valence-electron chi connectivity index (χ2n) is 7.18. The van der Waals surface area contributed by atoms with E-state index in [0.29, 0.717) is 23.9 Å². The monoisotopic (exact) mass is 383 g/mol. The Hall–Kier alpha value is -2.22. The Kier molecular flexibility index (Phi) is 4.03. The van der Waals surface area contributed by atoms with Crippen molar-refractivity contribution < 1.29 is 9.47 Å². The van der Waals surface area contributed by atoms with Gasteiger partial charge in [-0.2, -0.15) is 0 Å². The molecule has 2 saturated heterocycles. The number of ether oxygens (including phenoxy) is 2. The van der Waals surface area contributed by atoms with Crippen LogP contribution in [0.5, 0.6) is 0 Å². The number of aromatic amines is 1. The highest BCUT2D eigenvalue weighted by molar-refractivity contribution is 7.17. The zero-order valence-corrected chi connectivity index (χ0v) is 16.0. The summed E-state index contributed by atoms with van der Waals surface area (Å²) < 4.78 is 12.3. The summed E-state index contributed by atoms with van der Waals surface area (Å²) in [6.45, 7) is 4.89. The van der Waals surface area contributed by atoms with Crippen LogP contribution in [-0.4, -0.2) is 42.1 Å². The number of anilines is 1. The van der Waals surface area contributed by atoms with Crippen LogP contribution in [0.15, 0.2) is 34.4 Å². The summed E-state index contributed by atoms with van der Waals surface area (Å²) in [7, 11) is 0. The number of nitrogens with one attached hydrogen (secondary N) is 1. The molecule has 0 atom stereocenters. The van der Waals surface area contributed by atoms with Gasteiger partial charge in [0.1, 0.15) is 4.70 Å². The number of aryl methyl sites for hydroxylation is 1. The molecular formula is C20H21N3O3S. The molecule has 2 fully saturated rings. The van der Waals surface area contributed by atoms with Crippen LogP contribution in [-0.2, 0) is 9.47 Å². The van der Waals surface area contributed by atoms with Crippen molar-refractivity contribution in [2.24, 2.45) is 0 Å². The highest BCUT2D eigenvalue weighted by atomic mass is 32.1. The lowest BCUT2D eigenvalue weighted by molar-refractivity contribution is -0.169. The third kappa shape index (κ3) is 2.96. The van der Waals surface area contributed by atoms with Gasteiger partial charge in [0, 0.05) is 36.9 Å². The van der Waals surface area contributed by atoms with E-state index in [1.165, 1.54) is 16.9 Å². The Morgan fingerprint density at radius 2 is 1.85 bits per heavy atom. The van der Waals surface area contributed by atoms with Crippen LogP contribution < -0.4 is 10.5 Å². The molecule has 1 aromatic carbocycles. The standard InChI is InChI=1S/C20H21N3O3S/c1-13-2-4-14(5-3-13)15-12-27-17-16(15)21-19(22-18(17)24)23-8-6-20(7-9-23)25-10-11-26-20/h2-5,12H,6-11H2,1H3,(H,21,22,24). The van der Waals surface area contributed by atoms with Crippen molar-refractivity contribution in [2.45, 2.75) is 25.6 Å². The Bertz CT molecular complexity index is 1020. The Morgan fingerprint density at radius 1 is 1.15 bits per heavy atom. The first-order valence-electron chi connectivity index (χ1n) is 9.25. The number of benzene rings is 1. The van der Waals surface area contributed by atoms with Gasteiger partial charge in [-0.1, -0.05) is 29.8 Å². The fraction of sp³-hybridized carbons (Fsp3) is 0.400. The van der Waals surface area contributed by atoms with E-state index >= 15 is 0 Å². The third-order valence-corrected chi connectivity index (χ3v) is 6.38. The largest absolute Gasteiger partial charge is 0.347 e. The van der Waals surface area contributed by atoms with E-state index in [0.717, 1.165) is 42.6 Å². The first kappa shape index (κ1) is 16.9. The molecular weight excluding hydrogens is 362 g/mol. The molecule has 3 aromatic rings. The number of hydrogen-bond acceptors (Lipinski definition) is 6. The normalized spacial score (nSPS) is 19.2. The van der Waals surface area contributed by atoms with Gasteiger partial charge in [0.15, 0.2) is 5.79 Å². The Balaban J connectivity index is 1.50. The van der Waals surface area contributed by atoms with Gasteiger partial charge in [-0.15, -0.1) is 11.3 Å². The number of hydrogen-bond donors (Lipinski definition) is 1. The molecule has 140 valence electrons. The van der Waals surface area contributed by atoms with Gasteiger partial charge < -0.3 is 14.4 Å². The molecule has 2 aliphatic rings. The van der Waals surface area contributed by atoms with Crippen LogP contribution >= 0.6 is 11.3 Å². The Labute approximate surface area is 160 Å². The number of fused-ring (bicyclic) bond motifs is 1. The van der Waals surface area contributed by atoms with Gasteiger partial charge in [0.05, 0.1) is 18.7 Å². The van der Waals surface area contributed by atoms with E-state index < -0.39 is 5.79 Å². The molecule has 27 heavy (non-hydrogen) atoms.